The lowest BCUT2D eigenvalue weighted by Gasteiger charge is -2.15. The maximum atomic E-state index is 12.1. The molecular weight excluding hydrogens is 358 g/mol. The fourth-order valence-corrected chi connectivity index (χ4v) is 3.02. The van der Waals surface area contributed by atoms with Crippen LogP contribution in [0.4, 0.5) is 0 Å². The van der Waals surface area contributed by atoms with E-state index < -0.39 is 12.1 Å². The van der Waals surface area contributed by atoms with E-state index >= 15 is 0 Å². The Hall–Kier alpha value is -2.76. The first-order valence-corrected chi connectivity index (χ1v) is 9.60. The van der Waals surface area contributed by atoms with Crippen LogP contribution >= 0.6 is 0 Å². The van der Waals surface area contributed by atoms with Gasteiger partial charge in [0.25, 0.3) is 5.91 Å². The van der Waals surface area contributed by atoms with E-state index in [0.717, 1.165) is 19.3 Å². The van der Waals surface area contributed by atoms with Crippen molar-refractivity contribution in [2.75, 3.05) is 20.8 Å². The molecule has 1 aromatic rings. The molecule has 0 aliphatic heterocycles. The fourth-order valence-electron chi connectivity index (χ4n) is 3.02. The lowest BCUT2D eigenvalue weighted by atomic mass is 9.97. The number of benzene rings is 1. The van der Waals surface area contributed by atoms with Gasteiger partial charge in [-0.2, -0.15) is 0 Å². The van der Waals surface area contributed by atoms with Crippen molar-refractivity contribution in [1.29, 1.82) is 0 Å². The Morgan fingerprint density at radius 1 is 1.21 bits per heavy atom. The van der Waals surface area contributed by atoms with Crippen LogP contribution < -0.4 is 14.8 Å². The first-order valence-electron chi connectivity index (χ1n) is 9.60. The molecule has 6 heteroatoms. The van der Waals surface area contributed by atoms with E-state index in [1.54, 1.807) is 45.4 Å². The van der Waals surface area contributed by atoms with Gasteiger partial charge in [-0.25, -0.2) is 4.79 Å². The quantitative estimate of drug-likeness (QED) is 0.398. The molecule has 1 N–H and O–H groups in total. The zero-order chi connectivity index (χ0) is 20.4. The van der Waals surface area contributed by atoms with Crippen molar-refractivity contribution in [3.05, 3.63) is 41.5 Å². The van der Waals surface area contributed by atoms with Crippen LogP contribution in [0.5, 0.6) is 11.5 Å². The summed E-state index contributed by atoms with van der Waals surface area (Å²) in [6.45, 7) is 2.12. The average molecular weight is 387 g/mol. The second kappa shape index (κ2) is 11.2. The number of esters is 1. The minimum Gasteiger partial charge on any atom is -0.497 e. The van der Waals surface area contributed by atoms with Gasteiger partial charge in [0.15, 0.2) is 6.10 Å². The number of allylic oxidation sites excluding steroid dienone is 1. The van der Waals surface area contributed by atoms with Gasteiger partial charge in [-0.15, -0.1) is 0 Å². The molecule has 1 aromatic carbocycles. The van der Waals surface area contributed by atoms with Crippen molar-refractivity contribution < 1.29 is 23.8 Å². The van der Waals surface area contributed by atoms with Gasteiger partial charge in [0.05, 0.1) is 14.2 Å². The Balaban J connectivity index is 1.82. The predicted molar refractivity (Wildman–Crippen MR) is 108 cm³/mol. The van der Waals surface area contributed by atoms with Gasteiger partial charge in [-0.05, 0) is 63.3 Å². The summed E-state index contributed by atoms with van der Waals surface area (Å²) in [7, 11) is 3.11. The fraction of sp³-hybridized carbons (Fsp3) is 0.455. The molecule has 0 heterocycles. The summed E-state index contributed by atoms with van der Waals surface area (Å²) in [6, 6.07) is 5.27. The number of nitrogens with one attached hydrogen (secondary N) is 1. The second-order valence-corrected chi connectivity index (χ2v) is 6.67. The SMILES string of the molecule is COc1ccc(OC)c(/C=C/C(=O)O[C@H](C)C(=O)NCCC2=CCCCC2)c1. The van der Waals surface area contributed by atoms with E-state index in [1.807, 2.05) is 0 Å². The smallest absolute Gasteiger partial charge is 0.331 e. The molecule has 6 nitrogen and oxygen atoms in total. The van der Waals surface area contributed by atoms with E-state index in [9.17, 15) is 9.59 Å². The lowest BCUT2D eigenvalue weighted by Crippen LogP contribution is -2.36. The second-order valence-electron chi connectivity index (χ2n) is 6.67. The third kappa shape index (κ3) is 6.76. The maximum absolute atomic E-state index is 12.1. The highest BCUT2D eigenvalue weighted by Gasteiger charge is 2.16. The molecule has 0 saturated carbocycles. The summed E-state index contributed by atoms with van der Waals surface area (Å²) in [4.78, 5) is 24.1. The van der Waals surface area contributed by atoms with Crippen molar-refractivity contribution in [2.24, 2.45) is 0 Å². The number of hydrogen-bond donors (Lipinski definition) is 1. The summed E-state index contributed by atoms with van der Waals surface area (Å²) in [6.07, 6.45) is 9.80. The molecule has 1 aliphatic carbocycles. The summed E-state index contributed by atoms with van der Waals surface area (Å²) in [5.74, 6) is 0.363. The highest BCUT2D eigenvalue weighted by Crippen LogP contribution is 2.25. The molecule has 2 rings (SSSR count). The highest BCUT2D eigenvalue weighted by atomic mass is 16.5. The van der Waals surface area contributed by atoms with Gasteiger partial charge in [0.2, 0.25) is 0 Å². The van der Waals surface area contributed by atoms with E-state index in [-0.39, 0.29) is 5.91 Å². The van der Waals surface area contributed by atoms with Gasteiger partial charge in [-0.3, -0.25) is 4.79 Å². The first kappa shape index (κ1) is 21.5. The van der Waals surface area contributed by atoms with E-state index in [1.165, 1.54) is 24.5 Å². The van der Waals surface area contributed by atoms with Crippen LogP contribution in [0.3, 0.4) is 0 Å². The Bertz CT molecular complexity index is 738. The summed E-state index contributed by atoms with van der Waals surface area (Å²) >= 11 is 0. The Kier molecular flexibility index (Phi) is 8.59. The van der Waals surface area contributed by atoms with Crippen LogP contribution in [-0.2, 0) is 14.3 Å². The molecule has 1 atom stereocenters. The number of amides is 1. The molecule has 0 radical (unpaired) electrons. The molecule has 28 heavy (non-hydrogen) atoms. The molecule has 0 unspecified atom stereocenters. The van der Waals surface area contributed by atoms with Crippen molar-refractivity contribution in [3.63, 3.8) is 0 Å². The van der Waals surface area contributed by atoms with Crippen molar-refractivity contribution in [2.45, 2.75) is 45.1 Å². The van der Waals surface area contributed by atoms with Crippen molar-refractivity contribution in [1.82, 2.24) is 5.32 Å². The molecule has 0 aromatic heterocycles. The largest absolute Gasteiger partial charge is 0.497 e. The van der Waals surface area contributed by atoms with Crippen molar-refractivity contribution >= 4 is 18.0 Å². The molecule has 152 valence electrons. The Morgan fingerprint density at radius 2 is 2.04 bits per heavy atom. The minimum atomic E-state index is -0.857. The number of hydrogen-bond acceptors (Lipinski definition) is 5. The van der Waals surface area contributed by atoms with Gasteiger partial charge >= 0.3 is 5.97 Å². The normalized spacial score (nSPS) is 14.9. The molecular formula is C22H29NO5. The summed E-state index contributed by atoms with van der Waals surface area (Å²) in [5, 5.41) is 2.82. The van der Waals surface area contributed by atoms with E-state index in [0.29, 0.717) is 23.6 Å². The molecule has 0 fully saturated rings. The molecule has 0 spiro atoms. The lowest BCUT2D eigenvalue weighted by molar-refractivity contribution is -0.150. The predicted octanol–water partition coefficient (Wildman–Crippen LogP) is 3.66. The number of ether oxygens (including phenoxy) is 3. The zero-order valence-corrected chi connectivity index (χ0v) is 16.8. The van der Waals surface area contributed by atoms with Crippen LogP contribution in [0.1, 0.15) is 44.6 Å². The monoisotopic (exact) mass is 387 g/mol. The van der Waals surface area contributed by atoms with Gasteiger partial charge in [-0.1, -0.05) is 11.6 Å². The van der Waals surface area contributed by atoms with Gasteiger partial charge < -0.3 is 19.5 Å². The van der Waals surface area contributed by atoms with Gasteiger partial charge in [0.1, 0.15) is 11.5 Å². The van der Waals surface area contributed by atoms with Crippen LogP contribution in [0.25, 0.3) is 6.08 Å². The highest BCUT2D eigenvalue weighted by molar-refractivity contribution is 5.90. The number of carbonyl (C=O) groups excluding carboxylic acids is 2. The molecule has 0 bridgehead atoms. The van der Waals surface area contributed by atoms with Crippen LogP contribution in [0.15, 0.2) is 35.9 Å². The molecule has 1 amide bonds. The van der Waals surface area contributed by atoms with Crippen LogP contribution in [0, 0.1) is 0 Å². The topological polar surface area (TPSA) is 73.9 Å². The third-order valence-corrected chi connectivity index (χ3v) is 4.63. The average Bonchev–Trinajstić information content (AvgIpc) is 2.72. The number of rotatable bonds is 9. The molecule has 0 saturated heterocycles. The van der Waals surface area contributed by atoms with Gasteiger partial charge in [0, 0.05) is 18.2 Å². The first-order chi connectivity index (χ1) is 13.5. The number of methoxy groups -OCH3 is 2. The maximum Gasteiger partial charge on any atom is 0.331 e. The standard InChI is InChI=1S/C22H29NO5/c1-16(22(25)23-14-13-17-7-5-4-6-8-17)28-21(24)12-9-18-15-19(26-2)10-11-20(18)27-3/h7,9-12,15-16H,4-6,8,13-14H2,1-3H3,(H,23,25)/b12-9+/t16-/m1/s1. The Morgan fingerprint density at radius 3 is 2.71 bits per heavy atom. The number of carbonyl (C=O) groups is 2. The minimum absolute atomic E-state index is 0.294. The molecule has 1 aliphatic rings. The summed E-state index contributed by atoms with van der Waals surface area (Å²) < 4.78 is 15.6. The third-order valence-electron chi connectivity index (χ3n) is 4.63. The zero-order valence-electron chi connectivity index (χ0n) is 16.8. The van der Waals surface area contributed by atoms with Crippen LogP contribution in [0.2, 0.25) is 0 Å². The van der Waals surface area contributed by atoms with E-state index in [4.69, 9.17) is 14.2 Å². The Labute approximate surface area is 166 Å². The van der Waals surface area contributed by atoms with E-state index in [2.05, 4.69) is 11.4 Å². The van der Waals surface area contributed by atoms with Crippen molar-refractivity contribution in [3.8, 4) is 11.5 Å². The van der Waals surface area contributed by atoms with Crippen LogP contribution in [-0.4, -0.2) is 38.7 Å². The summed E-state index contributed by atoms with van der Waals surface area (Å²) in [5.41, 5.74) is 2.07.